The molecule has 0 aromatic heterocycles. The second-order valence-electron chi connectivity index (χ2n) is 6.90. The van der Waals surface area contributed by atoms with Crippen molar-refractivity contribution >= 4 is 0 Å². The SMILES string of the molecule is CNCC1CCCCN(C(C)C)C1c1c(C)cccc1C. The van der Waals surface area contributed by atoms with Crippen molar-refractivity contribution in [3.63, 3.8) is 0 Å². The third-order valence-corrected chi connectivity index (χ3v) is 5.01. The van der Waals surface area contributed by atoms with Crippen LogP contribution in [0.3, 0.4) is 0 Å². The summed E-state index contributed by atoms with van der Waals surface area (Å²) < 4.78 is 0. The topological polar surface area (TPSA) is 15.3 Å². The highest BCUT2D eigenvalue weighted by Gasteiger charge is 2.33. The summed E-state index contributed by atoms with van der Waals surface area (Å²) in [5, 5.41) is 3.44. The molecule has 118 valence electrons. The lowest BCUT2D eigenvalue weighted by molar-refractivity contribution is 0.117. The summed E-state index contributed by atoms with van der Waals surface area (Å²) in [4.78, 5) is 2.74. The Balaban J connectivity index is 2.47. The van der Waals surface area contributed by atoms with Crippen LogP contribution in [0.2, 0.25) is 0 Å². The Morgan fingerprint density at radius 3 is 2.43 bits per heavy atom. The average molecular weight is 288 g/mol. The molecule has 2 unspecified atom stereocenters. The van der Waals surface area contributed by atoms with E-state index < -0.39 is 0 Å². The van der Waals surface area contributed by atoms with Crippen molar-refractivity contribution in [2.24, 2.45) is 5.92 Å². The Labute approximate surface area is 130 Å². The van der Waals surface area contributed by atoms with Crippen LogP contribution in [0.5, 0.6) is 0 Å². The molecule has 0 radical (unpaired) electrons. The van der Waals surface area contributed by atoms with Gasteiger partial charge < -0.3 is 5.32 Å². The second-order valence-corrected chi connectivity index (χ2v) is 6.90. The lowest BCUT2D eigenvalue weighted by Crippen LogP contribution is -2.41. The molecular weight excluding hydrogens is 256 g/mol. The van der Waals surface area contributed by atoms with Crippen LogP contribution in [0.15, 0.2) is 18.2 Å². The fourth-order valence-electron chi connectivity index (χ4n) is 4.02. The Kier molecular flexibility index (Phi) is 5.83. The molecule has 1 aromatic carbocycles. The van der Waals surface area contributed by atoms with E-state index in [0.717, 1.165) is 6.54 Å². The molecule has 0 spiro atoms. The van der Waals surface area contributed by atoms with E-state index in [0.29, 0.717) is 18.0 Å². The number of nitrogens with one attached hydrogen (secondary N) is 1. The van der Waals surface area contributed by atoms with Crippen molar-refractivity contribution in [1.82, 2.24) is 10.2 Å². The summed E-state index contributed by atoms with van der Waals surface area (Å²) in [6.45, 7) is 11.6. The van der Waals surface area contributed by atoms with E-state index in [1.54, 1.807) is 5.56 Å². The van der Waals surface area contributed by atoms with Gasteiger partial charge in [0.1, 0.15) is 0 Å². The third kappa shape index (κ3) is 3.67. The van der Waals surface area contributed by atoms with E-state index in [-0.39, 0.29) is 0 Å². The molecule has 1 saturated heterocycles. The summed E-state index contributed by atoms with van der Waals surface area (Å²) in [7, 11) is 2.09. The number of benzene rings is 1. The van der Waals surface area contributed by atoms with Gasteiger partial charge in [-0.25, -0.2) is 0 Å². The average Bonchev–Trinajstić information content (AvgIpc) is 2.62. The van der Waals surface area contributed by atoms with E-state index in [9.17, 15) is 0 Å². The molecule has 1 aliphatic heterocycles. The first-order valence-electron chi connectivity index (χ1n) is 8.52. The van der Waals surface area contributed by atoms with Gasteiger partial charge in [-0.2, -0.15) is 0 Å². The lowest BCUT2D eigenvalue weighted by atomic mass is 9.84. The summed E-state index contributed by atoms with van der Waals surface area (Å²) >= 11 is 0. The van der Waals surface area contributed by atoms with E-state index in [1.165, 1.54) is 36.9 Å². The first-order chi connectivity index (χ1) is 10.1. The highest BCUT2D eigenvalue weighted by molar-refractivity contribution is 5.37. The summed E-state index contributed by atoms with van der Waals surface area (Å²) in [6.07, 6.45) is 4.03. The van der Waals surface area contributed by atoms with Crippen molar-refractivity contribution < 1.29 is 0 Å². The molecule has 21 heavy (non-hydrogen) atoms. The largest absolute Gasteiger partial charge is 0.319 e. The monoisotopic (exact) mass is 288 g/mol. The van der Waals surface area contributed by atoms with Gasteiger partial charge in [-0.1, -0.05) is 24.6 Å². The zero-order valence-electron chi connectivity index (χ0n) is 14.4. The van der Waals surface area contributed by atoms with Crippen molar-refractivity contribution in [2.75, 3.05) is 20.1 Å². The summed E-state index contributed by atoms with van der Waals surface area (Å²) in [5.41, 5.74) is 4.48. The number of hydrogen-bond acceptors (Lipinski definition) is 2. The van der Waals surface area contributed by atoms with Crippen LogP contribution in [0.25, 0.3) is 0 Å². The summed E-state index contributed by atoms with van der Waals surface area (Å²) in [5.74, 6) is 0.708. The molecule has 2 atom stereocenters. The molecule has 0 amide bonds. The molecule has 1 N–H and O–H groups in total. The van der Waals surface area contributed by atoms with Crippen LogP contribution in [0.1, 0.15) is 55.8 Å². The minimum Gasteiger partial charge on any atom is -0.319 e. The van der Waals surface area contributed by atoms with Gasteiger partial charge in [0.15, 0.2) is 0 Å². The van der Waals surface area contributed by atoms with Crippen molar-refractivity contribution in [3.8, 4) is 0 Å². The number of hydrogen-bond donors (Lipinski definition) is 1. The van der Waals surface area contributed by atoms with Crippen LogP contribution in [0, 0.1) is 19.8 Å². The number of nitrogens with zero attached hydrogens (tertiary/aromatic N) is 1. The quantitative estimate of drug-likeness (QED) is 0.898. The standard InChI is InChI=1S/C19H32N2/c1-14(2)21-12-7-6-11-17(13-20-5)19(21)18-15(3)9-8-10-16(18)4/h8-10,14,17,19-20H,6-7,11-13H2,1-5H3. The fourth-order valence-corrected chi connectivity index (χ4v) is 4.02. The molecule has 1 fully saturated rings. The number of aryl methyl sites for hydroxylation is 2. The maximum absolute atomic E-state index is 3.44. The van der Waals surface area contributed by atoms with Gasteiger partial charge in [-0.15, -0.1) is 0 Å². The van der Waals surface area contributed by atoms with Crippen molar-refractivity contribution in [3.05, 3.63) is 34.9 Å². The predicted octanol–water partition coefficient (Wildman–Crippen LogP) is 4.07. The zero-order chi connectivity index (χ0) is 15.4. The molecule has 2 heteroatoms. The smallest absolute Gasteiger partial charge is 0.0396 e. The van der Waals surface area contributed by atoms with Gasteiger partial charge in [-0.3, -0.25) is 4.90 Å². The maximum atomic E-state index is 3.44. The molecule has 2 rings (SSSR count). The van der Waals surface area contributed by atoms with Gasteiger partial charge in [-0.05, 0) is 83.3 Å². The molecule has 2 nitrogen and oxygen atoms in total. The van der Waals surface area contributed by atoms with Crippen LogP contribution in [-0.2, 0) is 0 Å². The van der Waals surface area contributed by atoms with Gasteiger partial charge in [0.05, 0.1) is 0 Å². The van der Waals surface area contributed by atoms with E-state index in [4.69, 9.17) is 0 Å². The van der Waals surface area contributed by atoms with Gasteiger partial charge in [0, 0.05) is 12.1 Å². The Bertz CT molecular complexity index is 433. The van der Waals surface area contributed by atoms with Crippen molar-refractivity contribution in [2.45, 2.75) is 59.0 Å². The second kappa shape index (κ2) is 7.42. The van der Waals surface area contributed by atoms with E-state index in [1.807, 2.05) is 0 Å². The highest BCUT2D eigenvalue weighted by atomic mass is 15.2. The molecule has 1 aliphatic rings. The predicted molar refractivity (Wildman–Crippen MR) is 91.8 cm³/mol. The Morgan fingerprint density at radius 1 is 1.19 bits per heavy atom. The Hall–Kier alpha value is -0.860. The molecule has 0 aliphatic carbocycles. The number of likely N-dealkylation sites (tertiary alicyclic amines) is 1. The highest BCUT2D eigenvalue weighted by Crippen LogP contribution is 2.39. The maximum Gasteiger partial charge on any atom is 0.0396 e. The minimum absolute atomic E-state index is 0.557. The van der Waals surface area contributed by atoms with Gasteiger partial charge in [0.2, 0.25) is 0 Å². The molecule has 0 bridgehead atoms. The summed E-state index contributed by atoms with van der Waals surface area (Å²) in [6, 6.07) is 7.91. The first kappa shape index (κ1) is 16.5. The van der Waals surface area contributed by atoms with Crippen LogP contribution < -0.4 is 5.32 Å². The molecular formula is C19H32N2. The van der Waals surface area contributed by atoms with Crippen LogP contribution in [0.4, 0.5) is 0 Å². The zero-order valence-corrected chi connectivity index (χ0v) is 14.4. The van der Waals surface area contributed by atoms with E-state index in [2.05, 4.69) is 63.2 Å². The molecule has 0 saturated carbocycles. The van der Waals surface area contributed by atoms with Gasteiger partial charge in [0.25, 0.3) is 0 Å². The normalized spacial score (nSPS) is 24.3. The number of rotatable bonds is 4. The van der Waals surface area contributed by atoms with Crippen LogP contribution in [-0.4, -0.2) is 31.1 Å². The Morgan fingerprint density at radius 2 is 1.86 bits per heavy atom. The lowest BCUT2D eigenvalue weighted by Gasteiger charge is -2.39. The fraction of sp³-hybridized carbons (Fsp3) is 0.684. The van der Waals surface area contributed by atoms with Gasteiger partial charge >= 0.3 is 0 Å². The van der Waals surface area contributed by atoms with Crippen molar-refractivity contribution in [1.29, 1.82) is 0 Å². The first-order valence-corrected chi connectivity index (χ1v) is 8.52. The minimum atomic E-state index is 0.557. The third-order valence-electron chi connectivity index (χ3n) is 5.01. The molecule has 1 aromatic rings. The van der Waals surface area contributed by atoms with Crippen LogP contribution >= 0.6 is 0 Å². The molecule has 1 heterocycles. The van der Waals surface area contributed by atoms with E-state index >= 15 is 0 Å².